The van der Waals surface area contributed by atoms with Crippen molar-refractivity contribution in [3.8, 4) is 0 Å². The fourth-order valence-corrected chi connectivity index (χ4v) is 2.72. The summed E-state index contributed by atoms with van der Waals surface area (Å²) in [6, 6.07) is 11.6. The molecule has 1 fully saturated rings. The molecule has 1 aromatic rings. The highest BCUT2D eigenvalue weighted by Crippen LogP contribution is 2.21. The first-order valence-corrected chi connectivity index (χ1v) is 6.82. The molecule has 1 N–H and O–H groups in total. The van der Waals surface area contributed by atoms with Crippen molar-refractivity contribution in [3.63, 3.8) is 0 Å². The second-order valence-corrected chi connectivity index (χ2v) is 5.00. The van der Waals surface area contributed by atoms with E-state index in [1.54, 1.807) is 0 Å². The van der Waals surface area contributed by atoms with Gasteiger partial charge in [-0.3, -0.25) is 4.90 Å². The Labute approximate surface area is 105 Å². The molecule has 1 saturated heterocycles. The van der Waals surface area contributed by atoms with Crippen molar-refractivity contribution in [3.05, 3.63) is 35.9 Å². The van der Waals surface area contributed by atoms with Gasteiger partial charge in [-0.2, -0.15) is 0 Å². The third-order valence-corrected chi connectivity index (χ3v) is 3.71. The van der Waals surface area contributed by atoms with E-state index in [0.717, 1.165) is 19.1 Å². The topological polar surface area (TPSA) is 15.3 Å². The van der Waals surface area contributed by atoms with Crippen LogP contribution >= 0.6 is 0 Å². The monoisotopic (exact) mass is 232 g/mol. The van der Waals surface area contributed by atoms with Crippen LogP contribution in [-0.2, 0) is 6.54 Å². The normalized spacial score (nSPS) is 21.6. The molecule has 1 heterocycles. The average Bonchev–Trinajstić information content (AvgIpc) is 2.39. The molecule has 1 unspecified atom stereocenters. The summed E-state index contributed by atoms with van der Waals surface area (Å²) in [6.45, 7) is 3.52. The number of hydrogen-bond donors (Lipinski definition) is 1. The maximum atomic E-state index is 3.27. The van der Waals surface area contributed by atoms with Crippen LogP contribution in [0.15, 0.2) is 30.3 Å². The largest absolute Gasteiger partial charge is 0.320 e. The molecular formula is C15H24N2. The highest BCUT2D eigenvalue weighted by atomic mass is 15.2. The minimum absolute atomic E-state index is 0.774. The summed E-state index contributed by atoms with van der Waals surface area (Å²) >= 11 is 0. The van der Waals surface area contributed by atoms with Crippen molar-refractivity contribution in [2.24, 2.45) is 0 Å². The first kappa shape index (κ1) is 12.6. The zero-order valence-corrected chi connectivity index (χ0v) is 10.9. The summed E-state index contributed by atoms with van der Waals surface area (Å²) in [5.74, 6) is 0. The van der Waals surface area contributed by atoms with Crippen molar-refractivity contribution in [1.29, 1.82) is 0 Å². The van der Waals surface area contributed by atoms with Crippen LogP contribution in [0.3, 0.4) is 0 Å². The molecule has 1 aliphatic rings. The molecule has 0 amide bonds. The molecule has 0 aliphatic carbocycles. The standard InChI is InChI=1S/C15H24N2/c1-16-11-10-15-9-5-6-12-17(15)13-14-7-3-2-4-8-14/h2-4,7-8,15-16H,5-6,9-13H2,1H3. The molecule has 0 bridgehead atoms. The van der Waals surface area contributed by atoms with Gasteiger partial charge in [0.25, 0.3) is 0 Å². The van der Waals surface area contributed by atoms with E-state index in [1.165, 1.54) is 37.8 Å². The molecule has 0 saturated carbocycles. The lowest BCUT2D eigenvalue weighted by molar-refractivity contribution is 0.132. The Kier molecular flexibility index (Phi) is 5.02. The molecule has 1 aromatic carbocycles. The van der Waals surface area contributed by atoms with Gasteiger partial charge in [0.1, 0.15) is 0 Å². The summed E-state index contributed by atoms with van der Waals surface area (Å²) in [7, 11) is 2.05. The highest BCUT2D eigenvalue weighted by molar-refractivity contribution is 5.14. The molecule has 1 atom stereocenters. The molecule has 2 rings (SSSR count). The predicted molar refractivity (Wildman–Crippen MR) is 73.0 cm³/mol. The molecule has 0 aromatic heterocycles. The van der Waals surface area contributed by atoms with Gasteiger partial charge in [-0.1, -0.05) is 36.8 Å². The van der Waals surface area contributed by atoms with Gasteiger partial charge in [-0.25, -0.2) is 0 Å². The van der Waals surface area contributed by atoms with Crippen molar-refractivity contribution >= 4 is 0 Å². The quantitative estimate of drug-likeness (QED) is 0.839. The van der Waals surface area contributed by atoms with Crippen molar-refractivity contribution in [2.45, 2.75) is 38.3 Å². The fraction of sp³-hybridized carbons (Fsp3) is 0.600. The van der Waals surface area contributed by atoms with Gasteiger partial charge in [0.05, 0.1) is 0 Å². The number of benzene rings is 1. The Balaban J connectivity index is 1.92. The highest BCUT2D eigenvalue weighted by Gasteiger charge is 2.21. The third-order valence-electron chi connectivity index (χ3n) is 3.71. The van der Waals surface area contributed by atoms with Crippen LogP contribution in [0.1, 0.15) is 31.2 Å². The molecular weight excluding hydrogens is 208 g/mol. The van der Waals surface area contributed by atoms with E-state index in [9.17, 15) is 0 Å². The summed E-state index contributed by atoms with van der Waals surface area (Å²) in [6.07, 6.45) is 5.42. The van der Waals surface area contributed by atoms with Gasteiger partial charge in [0.15, 0.2) is 0 Å². The van der Waals surface area contributed by atoms with Crippen LogP contribution < -0.4 is 5.32 Å². The number of nitrogens with zero attached hydrogens (tertiary/aromatic N) is 1. The summed E-state index contributed by atoms with van der Waals surface area (Å²) in [4.78, 5) is 2.66. The Bertz CT molecular complexity index is 310. The number of rotatable bonds is 5. The third kappa shape index (κ3) is 3.83. The number of piperidine rings is 1. The van der Waals surface area contributed by atoms with E-state index >= 15 is 0 Å². The lowest BCUT2D eigenvalue weighted by Crippen LogP contribution is -2.40. The van der Waals surface area contributed by atoms with E-state index in [0.29, 0.717) is 0 Å². The van der Waals surface area contributed by atoms with Crippen LogP contribution in [0.2, 0.25) is 0 Å². The number of nitrogens with one attached hydrogen (secondary N) is 1. The second-order valence-electron chi connectivity index (χ2n) is 5.00. The van der Waals surface area contributed by atoms with Gasteiger partial charge in [0, 0.05) is 12.6 Å². The Morgan fingerprint density at radius 2 is 2.06 bits per heavy atom. The first-order valence-electron chi connectivity index (χ1n) is 6.82. The molecule has 0 radical (unpaired) electrons. The minimum Gasteiger partial charge on any atom is -0.320 e. The van der Waals surface area contributed by atoms with Gasteiger partial charge in [0.2, 0.25) is 0 Å². The fourth-order valence-electron chi connectivity index (χ4n) is 2.72. The SMILES string of the molecule is CNCCC1CCCCN1Cc1ccccc1. The molecule has 1 aliphatic heterocycles. The van der Waals surface area contributed by atoms with E-state index in [4.69, 9.17) is 0 Å². The van der Waals surface area contributed by atoms with Gasteiger partial charge >= 0.3 is 0 Å². The van der Waals surface area contributed by atoms with Crippen molar-refractivity contribution in [1.82, 2.24) is 10.2 Å². The van der Waals surface area contributed by atoms with Gasteiger partial charge < -0.3 is 5.32 Å². The van der Waals surface area contributed by atoms with E-state index in [1.807, 2.05) is 7.05 Å². The summed E-state index contributed by atoms with van der Waals surface area (Å²) < 4.78 is 0. The zero-order valence-electron chi connectivity index (χ0n) is 10.9. The van der Waals surface area contributed by atoms with E-state index in [-0.39, 0.29) is 0 Å². The Morgan fingerprint density at radius 3 is 2.82 bits per heavy atom. The Morgan fingerprint density at radius 1 is 1.24 bits per heavy atom. The average molecular weight is 232 g/mol. The summed E-state index contributed by atoms with van der Waals surface area (Å²) in [5.41, 5.74) is 1.45. The zero-order chi connectivity index (χ0) is 11.9. The number of likely N-dealkylation sites (tertiary alicyclic amines) is 1. The number of hydrogen-bond acceptors (Lipinski definition) is 2. The first-order chi connectivity index (χ1) is 8.40. The Hall–Kier alpha value is -0.860. The van der Waals surface area contributed by atoms with Crippen LogP contribution in [0, 0.1) is 0 Å². The molecule has 2 heteroatoms. The maximum absolute atomic E-state index is 3.27. The molecule has 17 heavy (non-hydrogen) atoms. The van der Waals surface area contributed by atoms with Crippen LogP contribution in [0.25, 0.3) is 0 Å². The van der Waals surface area contributed by atoms with Gasteiger partial charge in [-0.15, -0.1) is 0 Å². The van der Waals surface area contributed by atoms with Crippen LogP contribution in [-0.4, -0.2) is 31.1 Å². The predicted octanol–water partition coefficient (Wildman–Crippen LogP) is 2.65. The smallest absolute Gasteiger partial charge is 0.0236 e. The molecule has 94 valence electrons. The van der Waals surface area contributed by atoms with Crippen molar-refractivity contribution in [2.75, 3.05) is 20.1 Å². The summed E-state index contributed by atoms with van der Waals surface area (Å²) in [5, 5.41) is 3.27. The van der Waals surface area contributed by atoms with E-state index < -0.39 is 0 Å². The lowest BCUT2D eigenvalue weighted by Gasteiger charge is -2.36. The van der Waals surface area contributed by atoms with Gasteiger partial charge in [-0.05, 0) is 45.0 Å². The molecule has 2 nitrogen and oxygen atoms in total. The van der Waals surface area contributed by atoms with Crippen LogP contribution in [0.4, 0.5) is 0 Å². The second kappa shape index (κ2) is 6.77. The van der Waals surface area contributed by atoms with E-state index in [2.05, 4.69) is 40.5 Å². The lowest BCUT2D eigenvalue weighted by atomic mass is 9.98. The molecule has 0 spiro atoms. The minimum atomic E-state index is 0.774. The maximum Gasteiger partial charge on any atom is 0.0236 e. The van der Waals surface area contributed by atoms with Crippen molar-refractivity contribution < 1.29 is 0 Å². The van der Waals surface area contributed by atoms with Crippen LogP contribution in [0.5, 0.6) is 0 Å².